The van der Waals surface area contributed by atoms with Crippen LogP contribution in [0.25, 0.3) is 88.3 Å². The van der Waals surface area contributed by atoms with E-state index in [0.717, 1.165) is 34.8 Å². The van der Waals surface area contributed by atoms with Gasteiger partial charge in [-0.05, 0) is 110 Å². The fourth-order valence-corrected chi connectivity index (χ4v) is 11.2. The Hall–Kier alpha value is -8.73. The fraction of sp³-hybridized carbons (Fsp3) is 0.0469. The molecule has 320 valence electrons. The van der Waals surface area contributed by atoms with Crippen LogP contribution in [0.5, 0.6) is 0 Å². The molecule has 0 amide bonds. The minimum atomic E-state index is -0.201. The molecule has 3 heterocycles. The SMILES string of the molecule is C1=Cc2c(n(-c3ccc(C4N=C(c5ccccc5-c5ccccc5)N4c4ccc(-c5ccccc5)cc4)cc3)c3cc4ccccc4cc23)C(n2c3ccccc3c3cc4ccccc4cc32)C1. The number of anilines is 1. The molecule has 0 N–H and O–H groups in total. The van der Waals surface area contributed by atoms with Crippen LogP contribution in [0.1, 0.15) is 41.0 Å². The van der Waals surface area contributed by atoms with Gasteiger partial charge in [0.25, 0.3) is 0 Å². The summed E-state index contributed by atoms with van der Waals surface area (Å²) in [5.74, 6) is 0.969. The molecule has 2 aromatic heterocycles. The molecule has 0 bridgehead atoms. The first-order valence-corrected chi connectivity index (χ1v) is 23.7. The van der Waals surface area contributed by atoms with Crippen molar-refractivity contribution in [3.63, 3.8) is 0 Å². The fourth-order valence-electron chi connectivity index (χ4n) is 11.2. The van der Waals surface area contributed by atoms with Crippen LogP contribution in [0.3, 0.4) is 0 Å². The summed E-state index contributed by atoms with van der Waals surface area (Å²) in [5.41, 5.74) is 15.6. The van der Waals surface area contributed by atoms with Gasteiger partial charge in [-0.2, -0.15) is 0 Å². The zero-order valence-corrected chi connectivity index (χ0v) is 37.2. The molecule has 68 heavy (non-hydrogen) atoms. The second kappa shape index (κ2) is 15.4. The van der Waals surface area contributed by atoms with Crippen LogP contribution in [0.15, 0.2) is 242 Å². The number of para-hydroxylation sites is 1. The van der Waals surface area contributed by atoms with Crippen molar-refractivity contribution in [1.82, 2.24) is 9.13 Å². The Morgan fingerprint density at radius 1 is 0.412 bits per heavy atom. The Kier molecular flexibility index (Phi) is 8.75. The minimum absolute atomic E-state index is 0.0478. The molecule has 0 fully saturated rings. The standard InChI is InChI=1S/C64H44N4/c1-3-16-42(17-4-1)43-30-34-51(35-31-43)67-63(65-64(67)55-26-12-11-24-52(55)44-18-5-2-6-19-44)45-32-36-50(37-33-45)66-60-40-48-22-9-8-21-47(48)39-57(60)54-27-15-29-59(62(54)66)68-58-28-14-13-25-53(58)56-38-46-20-7-10-23-49(46)41-61(56)68/h1-28,30-41,59,63H,29H2. The Labute approximate surface area is 394 Å². The van der Waals surface area contributed by atoms with Crippen LogP contribution in [-0.2, 0) is 0 Å². The van der Waals surface area contributed by atoms with Gasteiger partial charge in [-0.1, -0.05) is 188 Å². The molecule has 0 saturated heterocycles. The van der Waals surface area contributed by atoms with Crippen molar-refractivity contribution in [2.45, 2.75) is 18.6 Å². The predicted octanol–water partition coefficient (Wildman–Crippen LogP) is 16.4. The Bertz CT molecular complexity index is 3990. The second-order valence-electron chi connectivity index (χ2n) is 18.2. The zero-order valence-electron chi connectivity index (χ0n) is 37.2. The lowest BCUT2D eigenvalue weighted by Crippen LogP contribution is -2.44. The second-order valence-corrected chi connectivity index (χ2v) is 18.2. The third-order valence-electron chi connectivity index (χ3n) is 14.4. The first kappa shape index (κ1) is 38.5. The molecule has 1 aliphatic heterocycles. The van der Waals surface area contributed by atoms with E-state index < -0.39 is 0 Å². The van der Waals surface area contributed by atoms with Gasteiger partial charge in [0, 0.05) is 44.2 Å². The third-order valence-corrected chi connectivity index (χ3v) is 14.4. The van der Waals surface area contributed by atoms with E-state index in [2.05, 4.69) is 257 Å². The molecule has 0 spiro atoms. The number of aliphatic imine (C=N–C) groups is 1. The highest BCUT2D eigenvalue weighted by molar-refractivity contribution is 6.17. The number of hydrogen-bond acceptors (Lipinski definition) is 2. The number of aromatic nitrogens is 2. The molecule has 14 rings (SSSR count). The zero-order chi connectivity index (χ0) is 44.7. The van der Waals surface area contributed by atoms with Gasteiger partial charge in [-0.3, -0.25) is 4.90 Å². The highest BCUT2D eigenvalue weighted by Gasteiger charge is 2.36. The van der Waals surface area contributed by atoms with E-state index in [9.17, 15) is 0 Å². The molecule has 1 aliphatic carbocycles. The van der Waals surface area contributed by atoms with Gasteiger partial charge in [-0.25, -0.2) is 4.99 Å². The molecule has 2 atom stereocenters. The van der Waals surface area contributed by atoms with Crippen LogP contribution >= 0.6 is 0 Å². The number of amidine groups is 1. The third kappa shape index (κ3) is 6.04. The van der Waals surface area contributed by atoms with E-state index in [4.69, 9.17) is 4.99 Å². The minimum Gasteiger partial charge on any atom is -0.331 e. The van der Waals surface area contributed by atoms with Gasteiger partial charge in [0.05, 0.1) is 22.8 Å². The van der Waals surface area contributed by atoms with Gasteiger partial charge in [0.2, 0.25) is 0 Å². The Morgan fingerprint density at radius 3 is 1.69 bits per heavy atom. The Balaban J connectivity index is 0.932. The van der Waals surface area contributed by atoms with Crippen LogP contribution in [0, 0.1) is 0 Å². The summed E-state index contributed by atoms with van der Waals surface area (Å²) in [6, 6.07) is 84.3. The highest BCUT2D eigenvalue weighted by Crippen LogP contribution is 2.46. The van der Waals surface area contributed by atoms with Crippen LogP contribution < -0.4 is 4.90 Å². The van der Waals surface area contributed by atoms with Crippen molar-refractivity contribution >= 4 is 71.9 Å². The number of benzene rings is 10. The lowest BCUT2D eigenvalue weighted by Gasteiger charge is -2.41. The van der Waals surface area contributed by atoms with Crippen molar-refractivity contribution in [2.24, 2.45) is 4.99 Å². The first-order valence-electron chi connectivity index (χ1n) is 23.7. The predicted molar refractivity (Wildman–Crippen MR) is 285 cm³/mol. The van der Waals surface area contributed by atoms with E-state index in [1.165, 1.54) is 87.8 Å². The summed E-state index contributed by atoms with van der Waals surface area (Å²) in [6.07, 6.45) is 5.44. The van der Waals surface area contributed by atoms with E-state index in [1.54, 1.807) is 0 Å². The lowest BCUT2D eigenvalue weighted by atomic mass is 9.95. The maximum absolute atomic E-state index is 5.48. The maximum atomic E-state index is 5.48. The first-order chi connectivity index (χ1) is 33.7. The summed E-state index contributed by atoms with van der Waals surface area (Å²) in [4.78, 5) is 7.90. The summed E-state index contributed by atoms with van der Waals surface area (Å²) in [6.45, 7) is 0. The van der Waals surface area contributed by atoms with Crippen LogP contribution in [0.4, 0.5) is 5.69 Å². The van der Waals surface area contributed by atoms with Gasteiger partial charge in [0.1, 0.15) is 5.84 Å². The number of nitrogens with zero attached hydrogens (tertiary/aromatic N) is 4. The molecule has 10 aromatic carbocycles. The molecule has 2 aliphatic rings. The maximum Gasteiger partial charge on any atom is 0.155 e. The van der Waals surface area contributed by atoms with Crippen molar-refractivity contribution in [1.29, 1.82) is 0 Å². The molecule has 12 aromatic rings. The molecular formula is C64H44N4. The molecule has 4 nitrogen and oxygen atoms in total. The average molecular weight is 869 g/mol. The largest absolute Gasteiger partial charge is 0.331 e. The monoisotopic (exact) mass is 868 g/mol. The topological polar surface area (TPSA) is 25.5 Å². The van der Waals surface area contributed by atoms with Gasteiger partial charge < -0.3 is 9.13 Å². The smallest absolute Gasteiger partial charge is 0.155 e. The average Bonchev–Trinajstić information content (AvgIpc) is 3.89. The van der Waals surface area contributed by atoms with E-state index >= 15 is 0 Å². The summed E-state index contributed by atoms with van der Waals surface area (Å²) >= 11 is 0. The Morgan fingerprint density at radius 2 is 0.971 bits per heavy atom. The summed E-state index contributed by atoms with van der Waals surface area (Å²) < 4.78 is 5.18. The molecule has 0 saturated carbocycles. The summed E-state index contributed by atoms with van der Waals surface area (Å²) in [7, 11) is 0. The van der Waals surface area contributed by atoms with E-state index in [0.29, 0.717) is 0 Å². The van der Waals surface area contributed by atoms with Crippen molar-refractivity contribution in [3.8, 4) is 27.9 Å². The normalized spacial score (nSPS) is 15.6. The molecule has 0 radical (unpaired) electrons. The van der Waals surface area contributed by atoms with Crippen LogP contribution in [-0.4, -0.2) is 15.0 Å². The van der Waals surface area contributed by atoms with Crippen LogP contribution in [0.2, 0.25) is 0 Å². The number of fused-ring (bicyclic) bond motifs is 8. The summed E-state index contributed by atoms with van der Waals surface area (Å²) in [5, 5.41) is 8.85. The molecule has 2 unspecified atom stereocenters. The van der Waals surface area contributed by atoms with E-state index in [-0.39, 0.29) is 12.2 Å². The van der Waals surface area contributed by atoms with Gasteiger partial charge in [-0.15, -0.1) is 0 Å². The van der Waals surface area contributed by atoms with Gasteiger partial charge in [0.15, 0.2) is 6.17 Å². The van der Waals surface area contributed by atoms with Crippen molar-refractivity contribution in [3.05, 3.63) is 259 Å². The van der Waals surface area contributed by atoms with Crippen molar-refractivity contribution < 1.29 is 0 Å². The highest BCUT2D eigenvalue weighted by atomic mass is 15.4. The number of hydrogen-bond donors (Lipinski definition) is 0. The molecular weight excluding hydrogens is 825 g/mol. The number of rotatable bonds is 7. The molecule has 4 heteroatoms. The lowest BCUT2D eigenvalue weighted by molar-refractivity contribution is 0.597. The van der Waals surface area contributed by atoms with E-state index in [1.807, 2.05) is 0 Å². The number of allylic oxidation sites excluding steroid dienone is 1. The van der Waals surface area contributed by atoms with Gasteiger partial charge >= 0.3 is 0 Å². The van der Waals surface area contributed by atoms with Crippen molar-refractivity contribution in [2.75, 3.05) is 4.90 Å². The quantitative estimate of drug-likeness (QED) is 0.157.